The van der Waals surface area contributed by atoms with E-state index < -0.39 is 0 Å². The van der Waals surface area contributed by atoms with Crippen molar-refractivity contribution in [1.82, 2.24) is 9.80 Å². The molecule has 1 unspecified atom stereocenters. The number of aryl methyl sites for hydroxylation is 1. The summed E-state index contributed by atoms with van der Waals surface area (Å²) in [6.45, 7) is 11.8. The second-order valence-electron chi connectivity index (χ2n) is 5.94. The standard InChI is InChI=1S/C16H26BrN3/c1-12(2)19-6-8-20(9-7-19)16(11-18)14-5-4-13(3)10-15(14)17/h4-5,10,12,16H,6-9,11,18H2,1-3H3. The average Bonchev–Trinajstić information content (AvgIpc) is 2.42. The van der Waals surface area contributed by atoms with Gasteiger partial charge in [-0.15, -0.1) is 0 Å². The SMILES string of the molecule is Cc1ccc(C(CN)N2CCN(C(C)C)CC2)c(Br)c1. The fourth-order valence-electron chi connectivity index (χ4n) is 2.94. The average molecular weight is 340 g/mol. The Kier molecular flexibility index (Phi) is 5.61. The summed E-state index contributed by atoms with van der Waals surface area (Å²) in [4.78, 5) is 5.06. The molecule has 1 heterocycles. The summed E-state index contributed by atoms with van der Waals surface area (Å²) in [5.74, 6) is 0. The maximum atomic E-state index is 6.06. The summed E-state index contributed by atoms with van der Waals surface area (Å²) >= 11 is 3.70. The molecule has 4 heteroatoms. The molecule has 0 saturated carbocycles. The van der Waals surface area contributed by atoms with Gasteiger partial charge in [-0.2, -0.15) is 0 Å². The number of hydrogen-bond acceptors (Lipinski definition) is 3. The molecule has 1 aromatic rings. The van der Waals surface area contributed by atoms with E-state index in [2.05, 4.69) is 64.7 Å². The van der Waals surface area contributed by atoms with Crippen molar-refractivity contribution in [3.05, 3.63) is 33.8 Å². The Balaban J connectivity index is 2.09. The maximum absolute atomic E-state index is 6.06. The molecule has 1 saturated heterocycles. The van der Waals surface area contributed by atoms with Crippen LogP contribution in [0.2, 0.25) is 0 Å². The van der Waals surface area contributed by atoms with Crippen LogP contribution in [0, 0.1) is 6.92 Å². The largest absolute Gasteiger partial charge is 0.329 e. The van der Waals surface area contributed by atoms with Crippen LogP contribution in [0.5, 0.6) is 0 Å². The molecule has 0 aromatic heterocycles. The van der Waals surface area contributed by atoms with E-state index in [1.54, 1.807) is 0 Å². The first kappa shape index (κ1) is 16.0. The van der Waals surface area contributed by atoms with Gasteiger partial charge in [0.25, 0.3) is 0 Å². The molecule has 112 valence electrons. The van der Waals surface area contributed by atoms with Gasteiger partial charge in [-0.1, -0.05) is 28.1 Å². The van der Waals surface area contributed by atoms with Gasteiger partial charge in [0.15, 0.2) is 0 Å². The van der Waals surface area contributed by atoms with Gasteiger partial charge in [0.2, 0.25) is 0 Å². The highest BCUT2D eigenvalue weighted by Gasteiger charge is 2.26. The molecule has 1 atom stereocenters. The van der Waals surface area contributed by atoms with E-state index in [1.165, 1.54) is 15.6 Å². The highest BCUT2D eigenvalue weighted by molar-refractivity contribution is 9.10. The molecular weight excluding hydrogens is 314 g/mol. The smallest absolute Gasteiger partial charge is 0.0482 e. The van der Waals surface area contributed by atoms with E-state index in [9.17, 15) is 0 Å². The fraction of sp³-hybridized carbons (Fsp3) is 0.625. The van der Waals surface area contributed by atoms with Crippen LogP contribution in [0.1, 0.15) is 31.0 Å². The van der Waals surface area contributed by atoms with E-state index in [1.807, 2.05) is 0 Å². The van der Waals surface area contributed by atoms with Crippen LogP contribution in [0.4, 0.5) is 0 Å². The molecule has 2 rings (SSSR count). The van der Waals surface area contributed by atoms with Gasteiger partial charge in [-0.05, 0) is 38.0 Å². The Morgan fingerprint density at radius 1 is 1.15 bits per heavy atom. The Morgan fingerprint density at radius 2 is 1.75 bits per heavy atom. The molecule has 1 aromatic carbocycles. The Morgan fingerprint density at radius 3 is 2.25 bits per heavy atom. The molecule has 0 aliphatic carbocycles. The maximum Gasteiger partial charge on any atom is 0.0482 e. The highest BCUT2D eigenvalue weighted by Crippen LogP contribution is 2.29. The Hall–Kier alpha value is -0.420. The van der Waals surface area contributed by atoms with E-state index in [0.29, 0.717) is 18.6 Å². The molecule has 1 aliphatic rings. The van der Waals surface area contributed by atoms with Crippen LogP contribution < -0.4 is 5.73 Å². The molecule has 0 bridgehead atoms. The van der Waals surface area contributed by atoms with Crippen molar-refractivity contribution in [2.45, 2.75) is 32.9 Å². The minimum Gasteiger partial charge on any atom is -0.329 e. The molecule has 3 nitrogen and oxygen atoms in total. The zero-order valence-corrected chi connectivity index (χ0v) is 14.4. The number of benzene rings is 1. The predicted octanol–water partition coefficient (Wildman–Crippen LogP) is 2.78. The van der Waals surface area contributed by atoms with Gasteiger partial charge in [-0.25, -0.2) is 0 Å². The lowest BCUT2D eigenvalue weighted by atomic mass is 10.0. The van der Waals surface area contributed by atoms with Gasteiger partial charge in [0.1, 0.15) is 0 Å². The first-order valence-corrected chi connectivity index (χ1v) is 8.26. The Labute approximate surface area is 131 Å². The van der Waals surface area contributed by atoms with Gasteiger partial charge < -0.3 is 5.73 Å². The van der Waals surface area contributed by atoms with Crippen molar-refractivity contribution in [2.24, 2.45) is 5.73 Å². The third kappa shape index (κ3) is 3.61. The molecule has 2 N–H and O–H groups in total. The van der Waals surface area contributed by atoms with E-state index in [4.69, 9.17) is 5.73 Å². The van der Waals surface area contributed by atoms with Crippen LogP contribution in [0.15, 0.2) is 22.7 Å². The monoisotopic (exact) mass is 339 g/mol. The molecule has 0 amide bonds. The first-order chi connectivity index (χ1) is 9.52. The molecular formula is C16H26BrN3. The zero-order valence-electron chi connectivity index (χ0n) is 12.8. The highest BCUT2D eigenvalue weighted by atomic mass is 79.9. The van der Waals surface area contributed by atoms with Crippen molar-refractivity contribution >= 4 is 15.9 Å². The summed E-state index contributed by atoms with van der Waals surface area (Å²) in [6.07, 6.45) is 0. The summed E-state index contributed by atoms with van der Waals surface area (Å²) in [7, 11) is 0. The molecule has 1 fully saturated rings. The zero-order chi connectivity index (χ0) is 14.7. The van der Waals surface area contributed by atoms with Gasteiger partial charge in [0, 0.05) is 49.3 Å². The number of rotatable bonds is 4. The quantitative estimate of drug-likeness (QED) is 0.915. The van der Waals surface area contributed by atoms with Crippen molar-refractivity contribution < 1.29 is 0 Å². The molecule has 20 heavy (non-hydrogen) atoms. The Bertz CT molecular complexity index is 439. The van der Waals surface area contributed by atoms with Crippen LogP contribution in [-0.2, 0) is 0 Å². The van der Waals surface area contributed by atoms with Crippen LogP contribution in [0.3, 0.4) is 0 Å². The minimum absolute atomic E-state index is 0.319. The number of piperazine rings is 1. The fourth-order valence-corrected chi connectivity index (χ4v) is 3.70. The third-order valence-corrected chi connectivity index (χ3v) is 4.94. The van der Waals surface area contributed by atoms with E-state index in [0.717, 1.165) is 26.2 Å². The number of hydrogen-bond donors (Lipinski definition) is 1. The summed E-state index contributed by atoms with van der Waals surface area (Å²) in [6, 6.07) is 7.53. The van der Waals surface area contributed by atoms with Crippen molar-refractivity contribution in [2.75, 3.05) is 32.7 Å². The third-order valence-electron chi connectivity index (χ3n) is 4.26. The van der Waals surface area contributed by atoms with Crippen molar-refractivity contribution in [3.63, 3.8) is 0 Å². The lowest BCUT2D eigenvalue weighted by Gasteiger charge is -2.41. The molecule has 0 radical (unpaired) electrons. The summed E-state index contributed by atoms with van der Waals surface area (Å²) in [5.41, 5.74) is 8.66. The van der Waals surface area contributed by atoms with Gasteiger partial charge >= 0.3 is 0 Å². The summed E-state index contributed by atoms with van der Waals surface area (Å²) in [5, 5.41) is 0. The number of nitrogens with two attached hydrogens (primary N) is 1. The van der Waals surface area contributed by atoms with Gasteiger partial charge in [0.05, 0.1) is 0 Å². The number of halogens is 1. The van der Waals surface area contributed by atoms with Crippen LogP contribution in [0.25, 0.3) is 0 Å². The first-order valence-electron chi connectivity index (χ1n) is 7.47. The minimum atomic E-state index is 0.319. The summed E-state index contributed by atoms with van der Waals surface area (Å²) < 4.78 is 1.18. The van der Waals surface area contributed by atoms with E-state index >= 15 is 0 Å². The second kappa shape index (κ2) is 7.03. The lowest BCUT2D eigenvalue weighted by molar-refractivity contribution is 0.0800. The van der Waals surface area contributed by atoms with E-state index in [-0.39, 0.29) is 0 Å². The second-order valence-corrected chi connectivity index (χ2v) is 6.80. The number of nitrogens with zero attached hydrogens (tertiary/aromatic N) is 2. The van der Waals surface area contributed by atoms with Crippen LogP contribution in [-0.4, -0.2) is 48.6 Å². The molecule has 0 spiro atoms. The van der Waals surface area contributed by atoms with Crippen molar-refractivity contribution in [1.29, 1.82) is 0 Å². The normalized spacial score (nSPS) is 19.5. The lowest BCUT2D eigenvalue weighted by Crippen LogP contribution is -2.50. The van der Waals surface area contributed by atoms with Crippen LogP contribution >= 0.6 is 15.9 Å². The molecule has 1 aliphatic heterocycles. The van der Waals surface area contributed by atoms with Crippen molar-refractivity contribution in [3.8, 4) is 0 Å². The topological polar surface area (TPSA) is 32.5 Å². The predicted molar refractivity (Wildman–Crippen MR) is 89.0 cm³/mol. The van der Waals surface area contributed by atoms with Gasteiger partial charge in [-0.3, -0.25) is 9.80 Å².